The van der Waals surface area contributed by atoms with Gasteiger partial charge in [0, 0.05) is 23.3 Å². The normalized spacial score (nSPS) is 10.8. The quantitative estimate of drug-likeness (QED) is 0.679. The van der Waals surface area contributed by atoms with E-state index in [0.717, 1.165) is 22.3 Å². The molecule has 0 fully saturated rings. The maximum absolute atomic E-state index is 12.5. The number of amides is 1. The highest BCUT2D eigenvalue weighted by molar-refractivity contribution is 7.21. The molecule has 2 N–H and O–H groups in total. The van der Waals surface area contributed by atoms with Crippen molar-refractivity contribution in [2.45, 2.75) is 20.8 Å². The van der Waals surface area contributed by atoms with Crippen molar-refractivity contribution in [1.29, 1.82) is 0 Å². The molecular formula is C20H21N3O3S. The summed E-state index contributed by atoms with van der Waals surface area (Å²) >= 11 is 1.19. The summed E-state index contributed by atoms with van der Waals surface area (Å²) in [7, 11) is 0. The molecule has 0 saturated carbocycles. The molecule has 0 aliphatic heterocycles. The Morgan fingerprint density at radius 2 is 1.93 bits per heavy atom. The van der Waals surface area contributed by atoms with Gasteiger partial charge < -0.3 is 15.4 Å². The number of aryl methyl sites for hydroxylation is 2. The predicted octanol–water partition coefficient (Wildman–Crippen LogP) is 3.71. The van der Waals surface area contributed by atoms with Gasteiger partial charge >= 0.3 is 5.97 Å². The summed E-state index contributed by atoms with van der Waals surface area (Å²) in [5, 5.41) is 0.767. The molecule has 0 aliphatic rings. The van der Waals surface area contributed by atoms with Crippen molar-refractivity contribution in [2.24, 2.45) is 0 Å². The zero-order valence-corrected chi connectivity index (χ0v) is 16.3. The Kier molecular flexibility index (Phi) is 5.41. The summed E-state index contributed by atoms with van der Waals surface area (Å²) in [6.45, 7) is 5.82. The molecule has 27 heavy (non-hydrogen) atoms. The fraction of sp³-hybridized carbons (Fsp3) is 0.250. The summed E-state index contributed by atoms with van der Waals surface area (Å²) in [6, 6.07) is 11.2. The molecule has 2 aromatic heterocycles. The number of likely N-dealkylation sites (N-methyl/N-ethyl adjacent to an activating group) is 1. The van der Waals surface area contributed by atoms with Gasteiger partial charge in [-0.3, -0.25) is 4.79 Å². The number of anilines is 2. The number of esters is 1. The van der Waals surface area contributed by atoms with E-state index in [0.29, 0.717) is 17.1 Å². The van der Waals surface area contributed by atoms with E-state index in [1.54, 1.807) is 4.90 Å². The Hall–Kier alpha value is -2.93. The van der Waals surface area contributed by atoms with Crippen LogP contribution in [0.5, 0.6) is 0 Å². The van der Waals surface area contributed by atoms with Gasteiger partial charge in [0.15, 0.2) is 6.61 Å². The molecule has 0 saturated heterocycles. The lowest BCUT2D eigenvalue weighted by atomic mass is 10.1. The Bertz CT molecular complexity index is 999. The van der Waals surface area contributed by atoms with Gasteiger partial charge in [-0.2, -0.15) is 0 Å². The molecule has 3 rings (SSSR count). The fourth-order valence-electron chi connectivity index (χ4n) is 3.00. The average molecular weight is 383 g/mol. The van der Waals surface area contributed by atoms with E-state index in [1.165, 1.54) is 11.3 Å². The number of carbonyl (C=O) groups excluding carboxylic acids is 2. The Labute approximate surface area is 161 Å². The number of ether oxygens (including phenoxy) is 1. The number of thiophene rings is 1. The number of carbonyl (C=O) groups is 2. The molecule has 0 bridgehead atoms. The highest BCUT2D eigenvalue weighted by Crippen LogP contribution is 2.35. The lowest BCUT2D eigenvalue weighted by molar-refractivity contribution is -0.121. The second kappa shape index (κ2) is 7.75. The third kappa shape index (κ3) is 3.78. The minimum atomic E-state index is -0.606. The summed E-state index contributed by atoms with van der Waals surface area (Å²) in [5.74, 6) is -0.896. The van der Waals surface area contributed by atoms with Crippen LogP contribution in [-0.2, 0) is 9.53 Å². The van der Waals surface area contributed by atoms with Crippen molar-refractivity contribution in [2.75, 3.05) is 23.8 Å². The predicted molar refractivity (Wildman–Crippen MR) is 108 cm³/mol. The van der Waals surface area contributed by atoms with Gasteiger partial charge in [-0.15, -0.1) is 11.3 Å². The minimum Gasteiger partial charge on any atom is -0.451 e. The van der Waals surface area contributed by atoms with Crippen LogP contribution in [0.2, 0.25) is 0 Å². The van der Waals surface area contributed by atoms with Crippen molar-refractivity contribution < 1.29 is 14.3 Å². The van der Waals surface area contributed by atoms with E-state index in [2.05, 4.69) is 4.98 Å². The number of nitrogens with zero attached hydrogens (tertiary/aromatic N) is 2. The average Bonchev–Trinajstić information content (AvgIpc) is 2.98. The number of nitrogen functional groups attached to an aromatic ring is 1. The van der Waals surface area contributed by atoms with Crippen molar-refractivity contribution >= 4 is 44.8 Å². The van der Waals surface area contributed by atoms with Crippen LogP contribution in [-0.4, -0.2) is 30.0 Å². The Balaban J connectivity index is 1.76. The SMILES string of the molecule is CCN(C(=O)COC(=O)c1sc2nc(C)cc(C)c2c1N)c1ccccc1. The molecule has 7 heteroatoms. The van der Waals surface area contributed by atoms with Gasteiger partial charge in [0.2, 0.25) is 0 Å². The monoisotopic (exact) mass is 383 g/mol. The lowest BCUT2D eigenvalue weighted by Gasteiger charge is -2.20. The maximum Gasteiger partial charge on any atom is 0.351 e. The Morgan fingerprint density at radius 1 is 1.22 bits per heavy atom. The van der Waals surface area contributed by atoms with Crippen molar-refractivity contribution in [1.82, 2.24) is 4.98 Å². The molecule has 140 valence electrons. The molecule has 0 radical (unpaired) electrons. The van der Waals surface area contributed by atoms with E-state index >= 15 is 0 Å². The molecular weight excluding hydrogens is 362 g/mol. The molecule has 0 unspecified atom stereocenters. The van der Waals surface area contributed by atoms with Gasteiger partial charge in [-0.1, -0.05) is 18.2 Å². The van der Waals surface area contributed by atoms with E-state index < -0.39 is 5.97 Å². The number of hydrogen-bond donors (Lipinski definition) is 1. The molecule has 3 aromatic rings. The van der Waals surface area contributed by atoms with Crippen LogP contribution in [0.25, 0.3) is 10.2 Å². The second-order valence-electron chi connectivity index (χ2n) is 6.16. The highest BCUT2D eigenvalue weighted by atomic mass is 32.1. The van der Waals surface area contributed by atoms with Crippen molar-refractivity contribution in [3.05, 3.63) is 52.5 Å². The van der Waals surface area contributed by atoms with Gasteiger partial charge in [0.05, 0.1) is 5.69 Å². The first kappa shape index (κ1) is 18.8. The van der Waals surface area contributed by atoms with E-state index in [-0.39, 0.29) is 17.4 Å². The van der Waals surface area contributed by atoms with E-state index in [9.17, 15) is 9.59 Å². The Morgan fingerprint density at radius 3 is 2.59 bits per heavy atom. The van der Waals surface area contributed by atoms with Gasteiger partial charge in [-0.05, 0) is 44.5 Å². The minimum absolute atomic E-state index is 0.279. The number of nitrogens with two attached hydrogens (primary N) is 1. The fourth-order valence-corrected chi connectivity index (χ4v) is 4.11. The number of fused-ring (bicyclic) bond motifs is 1. The van der Waals surface area contributed by atoms with Crippen LogP contribution in [0.15, 0.2) is 36.4 Å². The van der Waals surface area contributed by atoms with E-state index in [1.807, 2.05) is 57.2 Å². The number of hydrogen-bond acceptors (Lipinski definition) is 6. The van der Waals surface area contributed by atoms with Crippen LogP contribution >= 0.6 is 11.3 Å². The topological polar surface area (TPSA) is 85.5 Å². The van der Waals surface area contributed by atoms with Gasteiger partial charge in [0.1, 0.15) is 9.71 Å². The zero-order chi connectivity index (χ0) is 19.6. The highest BCUT2D eigenvalue weighted by Gasteiger charge is 2.22. The number of para-hydroxylation sites is 1. The third-order valence-corrected chi connectivity index (χ3v) is 5.30. The van der Waals surface area contributed by atoms with Crippen LogP contribution in [0.1, 0.15) is 27.9 Å². The molecule has 1 amide bonds. The van der Waals surface area contributed by atoms with Crippen LogP contribution in [0, 0.1) is 13.8 Å². The maximum atomic E-state index is 12.5. The van der Waals surface area contributed by atoms with Crippen molar-refractivity contribution in [3.8, 4) is 0 Å². The molecule has 1 aromatic carbocycles. The second-order valence-corrected chi connectivity index (χ2v) is 7.15. The zero-order valence-electron chi connectivity index (χ0n) is 15.5. The molecule has 6 nitrogen and oxygen atoms in total. The summed E-state index contributed by atoms with van der Waals surface area (Å²) in [6.07, 6.45) is 0. The van der Waals surface area contributed by atoms with Gasteiger partial charge in [0.25, 0.3) is 5.91 Å². The lowest BCUT2D eigenvalue weighted by Crippen LogP contribution is -2.34. The van der Waals surface area contributed by atoms with Crippen LogP contribution in [0.4, 0.5) is 11.4 Å². The third-order valence-electron chi connectivity index (χ3n) is 4.22. The van der Waals surface area contributed by atoms with Gasteiger partial charge in [-0.25, -0.2) is 9.78 Å². The number of pyridine rings is 1. The number of rotatable bonds is 5. The first-order chi connectivity index (χ1) is 12.9. The summed E-state index contributed by atoms with van der Waals surface area (Å²) in [5.41, 5.74) is 9.08. The van der Waals surface area contributed by atoms with E-state index in [4.69, 9.17) is 10.5 Å². The smallest absolute Gasteiger partial charge is 0.351 e. The van der Waals surface area contributed by atoms with Crippen LogP contribution < -0.4 is 10.6 Å². The van der Waals surface area contributed by atoms with Crippen molar-refractivity contribution in [3.63, 3.8) is 0 Å². The molecule has 0 spiro atoms. The van der Waals surface area contributed by atoms with Crippen LogP contribution in [0.3, 0.4) is 0 Å². The number of aromatic nitrogens is 1. The molecule has 0 atom stereocenters. The summed E-state index contributed by atoms with van der Waals surface area (Å²) in [4.78, 5) is 31.9. The molecule has 0 aliphatic carbocycles. The molecule has 2 heterocycles. The standard InChI is InChI=1S/C20H21N3O3S/c1-4-23(14-8-6-5-7-9-14)15(24)11-26-20(25)18-17(21)16-12(2)10-13(3)22-19(16)27-18/h5-10H,4,11,21H2,1-3H3. The largest absolute Gasteiger partial charge is 0.451 e. The number of benzene rings is 1. The first-order valence-electron chi connectivity index (χ1n) is 8.61. The first-order valence-corrected chi connectivity index (χ1v) is 9.42. The summed E-state index contributed by atoms with van der Waals surface area (Å²) < 4.78 is 5.25.